The van der Waals surface area contributed by atoms with E-state index < -0.39 is 0 Å². The number of carbonyl (C=O) groups excluding carboxylic acids is 2. The van der Waals surface area contributed by atoms with Gasteiger partial charge in [-0.2, -0.15) is 0 Å². The van der Waals surface area contributed by atoms with Crippen molar-refractivity contribution in [2.24, 2.45) is 0 Å². The first kappa shape index (κ1) is 18.7. The third-order valence-electron chi connectivity index (χ3n) is 3.99. The van der Waals surface area contributed by atoms with Gasteiger partial charge in [-0.15, -0.1) is 10.2 Å². The van der Waals surface area contributed by atoms with E-state index >= 15 is 0 Å². The highest BCUT2D eigenvalue weighted by atomic mass is 32.1. The number of benzene rings is 2. The van der Waals surface area contributed by atoms with Gasteiger partial charge in [0.1, 0.15) is 5.01 Å². The number of nitrogens with one attached hydrogen (secondary N) is 2. The Balaban J connectivity index is 1.61. The summed E-state index contributed by atoms with van der Waals surface area (Å²) in [6.07, 6.45) is 0.988. The summed E-state index contributed by atoms with van der Waals surface area (Å²) in [4.78, 5) is 24.6. The van der Waals surface area contributed by atoms with Crippen molar-refractivity contribution in [3.8, 4) is 0 Å². The van der Waals surface area contributed by atoms with E-state index in [1.165, 1.54) is 16.9 Å². The number of hydrogen-bond acceptors (Lipinski definition) is 5. The van der Waals surface area contributed by atoms with Gasteiger partial charge in [0.15, 0.2) is 0 Å². The second-order valence-corrected chi connectivity index (χ2v) is 7.20. The van der Waals surface area contributed by atoms with Crippen LogP contribution in [0.1, 0.15) is 43.2 Å². The Morgan fingerprint density at radius 2 is 1.74 bits per heavy atom. The molecule has 6 nitrogen and oxygen atoms in total. The molecule has 0 aliphatic rings. The van der Waals surface area contributed by atoms with E-state index in [4.69, 9.17) is 0 Å². The van der Waals surface area contributed by atoms with Gasteiger partial charge in [-0.1, -0.05) is 48.6 Å². The van der Waals surface area contributed by atoms with E-state index in [2.05, 4.69) is 39.9 Å². The molecule has 2 N–H and O–H groups in total. The van der Waals surface area contributed by atoms with Crippen LogP contribution in [0.15, 0.2) is 48.5 Å². The lowest BCUT2D eigenvalue weighted by atomic mass is 10.1. The van der Waals surface area contributed by atoms with Gasteiger partial charge in [0.05, 0.1) is 0 Å². The van der Waals surface area contributed by atoms with E-state index in [1.807, 2.05) is 12.1 Å². The Bertz CT molecular complexity index is 951. The van der Waals surface area contributed by atoms with Gasteiger partial charge in [0, 0.05) is 17.8 Å². The van der Waals surface area contributed by atoms with Crippen molar-refractivity contribution in [2.45, 2.75) is 26.8 Å². The smallest absolute Gasteiger partial charge is 0.286 e. The SMILES string of the molecule is CCc1ccc(CNC(=O)c2cccc(NC(=O)c3nnc(C)s3)c2)cc1. The van der Waals surface area contributed by atoms with Crippen molar-refractivity contribution in [3.05, 3.63) is 75.2 Å². The third-order valence-corrected chi connectivity index (χ3v) is 4.82. The van der Waals surface area contributed by atoms with Crippen LogP contribution < -0.4 is 10.6 Å². The summed E-state index contributed by atoms with van der Waals surface area (Å²) in [5.74, 6) is -0.536. The number of aromatic nitrogens is 2. The van der Waals surface area contributed by atoms with Crippen LogP contribution in [0.3, 0.4) is 0 Å². The summed E-state index contributed by atoms with van der Waals surface area (Å²) in [5.41, 5.74) is 3.31. The molecule has 0 fully saturated rings. The molecule has 0 aliphatic heterocycles. The molecule has 0 saturated heterocycles. The molecular formula is C20H20N4O2S. The second-order valence-electron chi connectivity index (χ2n) is 6.01. The van der Waals surface area contributed by atoms with Crippen molar-refractivity contribution in [3.63, 3.8) is 0 Å². The Labute approximate surface area is 161 Å². The fourth-order valence-corrected chi connectivity index (χ4v) is 3.08. The summed E-state index contributed by atoms with van der Waals surface area (Å²) in [6.45, 7) is 4.34. The first-order valence-corrected chi connectivity index (χ1v) is 9.44. The topological polar surface area (TPSA) is 84.0 Å². The third kappa shape index (κ3) is 4.98. The predicted molar refractivity (Wildman–Crippen MR) is 106 cm³/mol. The Morgan fingerprint density at radius 3 is 2.41 bits per heavy atom. The van der Waals surface area contributed by atoms with Crippen LogP contribution in [-0.4, -0.2) is 22.0 Å². The fourth-order valence-electron chi connectivity index (χ4n) is 2.49. The van der Waals surface area contributed by atoms with E-state index in [9.17, 15) is 9.59 Å². The minimum atomic E-state index is -0.339. The maximum atomic E-state index is 12.4. The van der Waals surface area contributed by atoms with E-state index in [-0.39, 0.29) is 16.8 Å². The summed E-state index contributed by atoms with van der Waals surface area (Å²) in [7, 11) is 0. The number of amides is 2. The Kier molecular flexibility index (Phi) is 5.93. The van der Waals surface area contributed by atoms with Gasteiger partial charge in [-0.05, 0) is 42.7 Å². The minimum absolute atomic E-state index is 0.197. The van der Waals surface area contributed by atoms with Gasteiger partial charge in [-0.3, -0.25) is 9.59 Å². The molecule has 0 aliphatic carbocycles. The van der Waals surface area contributed by atoms with Crippen molar-refractivity contribution >= 4 is 28.8 Å². The van der Waals surface area contributed by atoms with Gasteiger partial charge in [0.2, 0.25) is 5.01 Å². The minimum Gasteiger partial charge on any atom is -0.348 e. The summed E-state index contributed by atoms with van der Waals surface area (Å²) < 4.78 is 0. The molecule has 3 aromatic rings. The first-order valence-electron chi connectivity index (χ1n) is 8.62. The maximum Gasteiger partial charge on any atom is 0.286 e. The van der Waals surface area contributed by atoms with Crippen LogP contribution >= 0.6 is 11.3 Å². The average molecular weight is 380 g/mol. The summed E-state index contributed by atoms with van der Waals surface area (Å²) >= 11 is 1.22. The largest absolute Gasteiger partial charge is 0.348 e. The number of aryl methyl sites for hydroxylation is 2. The number of rotatable bonds is 6. The highest BCUT2D eigenvalue weighted by molar-refractivity contribution is 7.13. The molecule has 7 heteroatoms. The monoisotopic (exact) mass is 380 g/mol. The molecule has 0 unspecified atom stereocenters. The standard InChI is InChI=1S/C20H20N4O2S/c1-3-14-7-9-15(10-8-14)12-21-18(25)16-5-4-6-17(11-16)22-19(26)20-24-23-13(2)27-20/h4-11H,3,12H2,1-2H3,(H,21,25)(H,22,26). The number of anilines is 1. The molecule has 0 radical (unpaired) electrons. The lowest BCUT2D eigenvalue weighted by Crippen LogP contribution is -2.23. The fraction of sp³-hybridized carbons (Fsp3) is 0.200. The second kappa shape index (κ2) is 8.55. The molecule has 138 valence electrons. The Hall–Kier alpha value is -3.06. The van der Waals surface area contributed by atoms with Crippen LogP contribution in [0.25, 0.3) is 0 Å². The lowest BCUT2D eigenvalue weighted by molar-refractivity contribution is 0.0949. The number of hydrogen-bond donors (Lipinski definition) is 2. The molecule has 2 amide bonds. The highest BCUT2D eigenvalue weighted by Crippen LogP contribution is 2.15. The molecule has 1 heterocycles. The van der Waals surface area contributed by atoms with Crippen molar-refractivity contribution in [1.29, 1.82) is 0 Å². The zero-order valence-corrected chi connectivity index (χ0v) is 16.0. The van der Waals surface area contributed by atoms with Gasteiger partial charge >= 0.3 is 0 Å². The molecular weight excluding hydrogens is 360 g/mol. The highest BCUT2D eigenvalue weighted by Gasteiger charge is 2.13. The molecule has 27 heavy (non-hydrogen) atoms. The normalized spacial score (nSPS) is 10.4. The van der Waals surface area contributed by atoms with Gasteiger partial charge < -0.3 is 10.6 Å². The van der Waals surface area contributed by atoms with Crippen LogP contribution in [0.5, 0.6) is 0 Å². The quantitative estimate of drug-likeness (QED) is 0.684. The van der Waals surface area contributed by atoms with Crippen LogP contribution in [0, 0.1) is 6.92 Å². The number of carbonyl (C=O) groups is 2. The summed E-state index contributed by atoms with van der Waals surface area (Å²) in [5, 5.41) is 14.3. The van der Waals surface area contributed by atoms with Crippen molar-refractivity contribution < 1.29 is 9.59 Å². The van der Waals surface area contributed by atoms with E-state index in [0.29, 0.717) is 17.8 Å². The molecule has 2 aromatic carbocycles. The van der Waals surface area contributed by atoms with E-state index in [1.54, 1.807) is 31.2 Å². The van der Waals surface area contributed by atoms with Gasteiger partial charge in [0.25, 0.3) is 11.8 Å². The van der Waals surface area contributed by atoms with Crippen molar-refractivity contribution in [1.82, 2.24) is 15.5 Å². The number of nitrogens with zero attached hydrogens (tertiary/aromatic N) is 2. The molecule has 3 rings (SSSR count). The van der Waals surface area contributed by atoms with Crippen LogP contribution in [-0.2, 0) is 13.0 Å². The molecule has 0 spiro atoms. The average Bonchev–Trinajstić information content (AvgIpc) is 3.13. The molecule has 0 atom stereocenters. The zero-order chi connectivity index (χ0) is 19.2. The maximum absolute atomic E-state index is 12.4. The lowest BCUT2D eigenvalue weighted by Gasteiger charge is -2.08. The van der Waals surface area contributed by atoms with Gasteiger partial charge in [-0.25, -0.2) is 0 Å². The predicted octanol–water partition coefficient (Wildman–Crippen LogP) is 3.59. The van der Waals surface area contributed by atoms with Crippen molar-refractivity contribution in [2.75, 3.05) is 5.32 Å². The van der Waals surface area contributed by atoms with E-state index in [0.717, 1.165) is 17.0 Å². The molecule has 0 saturated carbocycles. The van der Waals surface area contributed by atoms with Crippen LogP contribution in [0.2, 0.25) is 0 Å². The van der Waals surface area contributed by atoms with Crippen LogP contribution in [0.4, 0.5) is 5.69 Å². The first-order chi connectivity index (χ1) is 13.0. The Morgan fingerprint density at radius 1 is 1.00 bits per heavy atom. The molecule has 1 aromatic heterocycles. The summed E-state index contributed by atoms with van der Waals surface area (Å²) in [6, 6.07) is 15.0. The molecule has 0 bridgehead atoms. The zero-order valence-electron chi connectivity index (χ0n) is 15.2.